The molecule has 72 valence electrons. The van der Waals surface area contributed by atoms with Crippen LogP contribution in [-0.4, -0.2) is 16.8 Å². The second kappa shape index (κ2) is 4.09. The van der Waals surface area contributed by atoms with Gasteiger partial charge in [0.15, 0.2) is 0 Å². The number of phenols is 1. The summed E-state index contributed by atoms with van der Waals surface area (Å²) in [5, 5.41) is 19.0. The van der Waals surface area contributed by atoms with E-state index in [4.69, 9.17) is 5.73 Å². The van der Waals surface area contributed by atoms with Gasteiger partial charge in [0.25, 0.3) is 0 Å². The van der Waals surface area contributed by atoms with Crippen LogP contribution in [0.15, 0.2) is 16.6 Å². The fourth-order valence-corrected chi connectivity index (χ4v) is 1.73. The number of hydrogen-bond donors (Lipinski definition) is 3. The SMILES string of the molecule is Cc1cc(Br)c(O)c(C(O)CN)c1. The van der Waals surface area contributed by atoms with Crippen LogP contribution in [0.1, 0.15) is 17.2 Å². The maximum atomic E-state index is 9.56. The van der Waals surface area contributed by atoms with E-state index in [9.17, 15) is 10.2 Å². The third-order valence-electron chi connectivity index (χ3n) is 1.82. The summed E-state index contributed by atoms with van der Waals surface area (Å²) < 4.78 is 0.579. The number of nitrogens with two attached hydrogens (primary N) is 1. The molecule has 1 aromatic rings. The van der Waals surface area contributed by atoms with E-state index >= 15 is 0 Å². The van der Waals surface area contributed by atoms with Gasteiger partial charge in [0.2, 0.25) is 0 Å². The molecule has 1 rings (SSSR count). The molecule has 4 N–H and O–H groups in total. The molecular formula is C9H12BrNO2. The molecule has 1 aromatic carbocycles. The Morgan fingerprint density at radius 3 is 2.69 bits per heavy atom. The molecule has 0 saturated heterocycles. The van der Waals surface area contributed by atoms with E-state index in [0.29, 0.717) is 10.0 Å². The zero-order valence-electron chi connectivity index (χ0n) is 7.29. The van der Waals surface area contributed by atoms with Crippen LogP contribution in [0.2, 0.25) is 0 Å². The van der Waals surface area contributed by atoms with Gasteiger partial charge in [0.1, 0.15) is 5.75 Å². The predicted molar refractivity (Wildman–Crippen MR) is 54.6 cm³/mol. The summed E-state index contributed by atoms with van der Waals surface area (Å²) in [6.07, 6.45) is -0.809. The first kappa shape index (κ1) is 10.5. The second-order valence-corrected chi connectivity index (χ2v) is 3.79. The average Bonchev–Trinajstić information content (AvgIpc) is 2.10. The Balaban J connectivity index is 3.20. The van der Waals surface area contributed by atoms with Gasteiger partial charge in [0, 0.05) is 12.1 Å². The van der Waals surface area contributed by atoms with Gasteiger partial charge in [0.05, 0.1) is 10.6 Å². The molecule has 0 amide bonds. The normalized spacial score (nSPS) is 12.9. The van der Waals surface area contributed by atoms with E-state index in [1.807, 2.05) is 6.92 Å². The number of halogens is 1. The van der Waals surface area contributed by atoms with Crippen LogP contribution in [0.5, 0.6) is 5.75 Å². The van der Waals surface area contributed by atoms with Gasteiger partial charge in [-0.3, -0.25) is 0 Å². The maximum Gasteiger partial charge on any atom is 0.135 e. The lowest BCUT2D eigenvalue weighted by Gasteiger charge is -2.12. The van der Waals surface area contributed by atoms with Crippen molar-refractivity contribution in [1.29, 1.82) is 0 Å². The molecule has 4 heteroatoms. The Morgan fingerprint density at radius 1 is 1.54 bits per heavy atom. The van der Waals surface area contributed by atoms with E-state index in [1.165, 1.54) is 0 Å². The molecule has 3 nitrogen and oxygen atoms in total. The molecule has 0 saturated carbocycles. The van der Waals surface area contributed by atoms with Crippen molar-refractivity contribution in [1.82, 2.24) is 0 Å². The number of phenolic OH excluding ortho intramolecular Hbond substituents is 1. The Kier molecular flexibility index (Phi) is 3.30. The summed E-state index contributed by atoms with van der Waals surface area (Å²) in [4.78, 5) is 0. The molecular weight excluding hydrogens is 234 g/mol. The monoisotopic (exact) mass is 245 g/mol. The van der Waals surface area contributed by atoms with Crippen molar-refractivity contribution < 1.29 is 10.2 Å². The first-order valence-corrected chi connectivity index (χ1v) is 4.72. The second-order valence-electron chi connectivity index (χ2n) is 2.94. The van der Waals surface area contributed by atoms with Gasteiger partial charge in [-0.1, -0.05) is 0 Å². The number of aliphatic hydroxyl groups excluding tert-OH is 1. The molecule has 0 bridgehead atoms. The molecule has 0 aromatic heterocycles. The first-order chi connectivity index (χ1) is 6.06. The summed E-state index contributed by atoms with van der Waals surface area (Å²) >= 11 is 3.19. The third kappa shape index (κ3) is 2.21. The number of aryl methyl sites for hydroxylation is 1. The Morgan fingerprint density at radius 2 is 2.15 bits per heavy atom. The van der Waals surface area contributed by atoms with Crippen molar-refractivity contribution in [2.75, 3.05) is 6.54 Å². The molecule has 13 heavy (non-hydrogen) atoms. The quantitative estimate of drug-likeness (QED) is 0.739. The number of hydrogen-bond acceptors (Lipinski definition) is 3. The molecule has 1 atom stereocenters. The van der Waals surface area contributed by atoms with Crippen LogP contribution in [0.25, 0.3) is 0 Å². The zero-order chi connectivity index (χ0) is 10.0. The third-order valence-corrected chi connectivity index (χ3v) is 2.42. The average molecular weight is 246 g/mol. The molecule has 0 aliphatic carbocycles. The van der Waals surface area contributed by atoms with Gasteiger partial charge < -0.3 is 15.9 Å². The Labute approximate surface area is 85.3 Å². The van der Waals surface area contributed by atoms with E-state index in [2.05, 4.69) is 15.9 Å². The van der Waals surface area contributed by atoms with Crippen molar-refractivity contribution in [2.24, 2.45) is 5.73 Å². The van der Waals surface area contributed by atoms with Gasteiger partial charge in [-0.05, 0) is 40.5 Å². The van der Waals surface area contributed by atoms with E-state index < -0.39 is 6.10 Å². The summed E-state index contributed by atoms with van der Waals surface area (Å²) in [6.45, 7) is 1.99. The lowest BCUT2D eigenvalue weighted by Crippen LogP contribution is -2.11. The van der Waals surface area contributed by atoms with E-state index in [-0.39, 0.29) is 12.3 Å². The molecule has 0 aliphatic rings. The lowest BCUT2D eigenvalue weighted by molar-refractivity contribution is 0.182. The minimum Gasteiger partial charge on any atom is -0.506 e. The van der Waals surface area contributed by atoms with E-state index in [0.717, 1.165) is 5.56 Å². The van der Waals surface area contributed by atoms with Gasteiger partial charge in [-0.15, -0.1) is 0 Å². The van der Waals surface area contributed by atoms with Crippen molar-refractivity contribution in [3.63, 3.8) is 0 Å². The summed E-state index contributed by atoms with van der Waals surface area (Å²) in [5.74, 6) is 0.0588. The number of aliphatic hydroxyl groups is 1. The topological polar surface area (TPSA) is 66.5 Å². The molecule has 0 aliphatic heterocycles. The minimum atomic E-state index is -0.809. The lowest BCUT2D eigenvalue weighted by atomic mass is 10.1. The van der Waals surface area contributed by atoms with Gasteiger partial charge >= 0.3 is 0 Å². The van der Waals surface area contributed by atoms with Crippen molar-refractivity contribution in [3.8, 4) is 5.75 Å². The molecule has 0 radical (unpaired) electrons. The summed E-state index contributed by atoms with van der Waals surface area (Å²) in [5.41, 5.74) is 6.73. The van der Waals surface area contributed by atoms with Crippen LogP contribution in [-0.2, 0) is 0 Å². The fourth-order valence-electron chi connectivity index (χ4n) is 1.14. The van der Waals surface area contributed by atoms with Crippen LogP contribution < -0.4 is 5.73 Å². The predicted octanol–water partition coefficient (Wildman–Crippen LogP) is 1.46. The zero-order valence-corrected chi connectivity index (χ0v) is 8.87. The standard InChI is InChI=1S/C9H12BrNO2/c1-5-2-6(8(12)4-11)9(13)7(10)3-5/h2-3,8,12-13H,4,11H2,1H3. The van der Waals surface area contributed by atoms with Crippen LogP contribution in [0.4, 0.5) is 0 Å². The van der Waals surface area contributed by atoms with Crippen molar-refractivity contribution >= 4 is 15.9 Å². The number of benzene rings is 1. The van der Waals surface area contributed by atoms with Crippen LogP contribution in [0.3, 0.4) is 0 Å². The van der Waals surface area contributed by atoms with Crippen molar-refractivity contribution in [2.45, 2.75) is 13.0 Å². The highest BCUT2D eigenvalue weighted by atomic mass is 79.9. The largest absolute Gasteiger partial charge is 0.506 e. The highest BCUT2D eigenvalue weighted by Crippen LogP contribution is 2.32. The van der Waals surface area contributed by atoms with Gasteiger partial charge in [-0.2, -0.15) is 0 Å². The fraction of sp³-hybridized carbons (Fsp3) is 0.333. The highest BCUT2D eigenvalue weighted by molar-refractivity contribution is 9.10. The molecule has 0 spiro atoms. The van der Waals surface area contributed by atoms with Crippen LogP contribution in [0, 0.1) is 6.92 Å². The maximum absolute atomic E-state index is 9.56. The Hall–Kier alpha value is -0.580. The molecule has 0 heterocycles. The smallest absolute Gasteiger partial charge is 0.135 e. The minimum absolute atomic E-state index is 0.0588. The summed E-state index contributed by atoms with van der Waals surface area (Å²) in [6, 6.07) is 3.50. The number of aromatic hydroxyl groups is 1. The van der Waals surface area contributed by atoms with Gasteiger partial charge in [-0.25, -0.2) is 0 Å². The number of rotatable bonds is 2. The summed E-state index contributed by atoms with van der Waals surface area (Å²) in [7, 11) is 0. The van der Waals surface area contributed by atoms with Crippen molar-refractivity contribution in [3.05, 3.63) is 27.7 Å². The molecule has 0 fully saturated rings. The first-order valence-electron chi connectivity index (χ1n) is 3.93. The van der Waals surface area contributed by atoms with Crippen LogP contribution >= 0.6 is 15.9 Å². The Bertz CT molecular complexity index is 315. The van der Waals surface area contributed by atoms with E-state index in [1.54, 1.807) is 12.1 Å². The molecule has 1 unspecified atom stereocenters. The highest BCUT2D eigenvalue weighted by Gasteiger charge is 2.13.